The van der Waals surface area contributed by atoms with Gasteiger partial charge in [0.05, 0.1) is 5.69 Å². The lowest BCUT2D eigenvalue weighted by atomic mass is 10.1. The van der Waals surface area contributed by atoms with Crippen LogP contribution in [0.25, 0.3) is 5.69 Å². The lowest BCUT2D eigenvalue weighted by molar-refractivity contribution is -0.141. The monoisotopic (exact) mass is 346 g/mol. The minimum atomic E-state index is -4.43. The normalized spacial score (nSPS) is 12.2. The van der Waals surface area contributed by atoms with E-state index in [0.717, 1.165) is 11.6 Å². The fourth-order valence-electron chi connectivity index (χ4n) is 1.88. The van der Waals surface area contributed by atoms with Crippen LogP contribution in [0.15, 0.2) is 30.3 Å². The van der Waals surface area contributed by atoms with Crippen molar-refractivity contribution in [2.45, 2.75) is 31.3 Å². The maximum Gasteiger partial charge on any atom is 0.435 e. The van der Waals surface area contributed by atoms with Crippen LogP contribution in [0.5, 0.6) is 0 Å². The second-order valence-electron chi connectivity index (χ2n) is 4.82. The summed E-state index contributed by atoms with van der Waals surface area (Å²) in [4.78, 5) is 0. The first-order valence-electron chi connectivity index (χ1n) is 6.15. The fourth-order valence-corrected chi connectivity index (χ4v) is 2.25. The summed E-state index contributed by atoms with van der Waals surface area (Å²) in [5.74, 6) is -0.0468. The lowest BCUT2D eigenvalue weighted by Crippen LogP contribution is -2.08. The minimum absolute atomic E-state index is 0.0468. The Morgan fingerprint density at radius 2 is 1.80 bits per heavy atom. The van der Waals surface area contributed by atoms with Gasteiger partial charge >= 0.3 is 6.18 Å². The van der Waals surface area contributed by atoms with Gasteiger partial charge in [-0.05, 0) is 29.7 Å². The summed E-state index contributed by atoms with van der Waals surface area (Å²) in [5.41, 5.74) is 1.38. The van der Waals surface area contributed by atoms with Crippen LogP contribution in [0.4, 0.5) is 13.2 Å². The van der Waals surface area contributed by atoms with E-state index >= 15 is 0 Å². The molecule has 0 saturated carbocycles. The molecule has 0 amide bonds. The molecule has 1 aromatic heterocycles. The van der Waals surface area contributed by atoms with Crippen LogP contribution in [-0.2, 0) is 11.5 Å². The van der Waals surface area contributed by atoms with Gasteiger partial charge in [-0.15, -0.1) is 0 Å². The van der Waals surface area contributed by atoms with E-state index in [2.05, 4.69) is 21.0 Å². The van der Waals surface area contributed by atoms with Crippen LogP contribution in [0.1, 0.15) is 36.7 Å². The van der Waals surface area contributed by atoms with Crippen LogP contribution >= 0.6 is 15.9 Å². The molecule has 108 valence electrons. The van der Waals surface area contributed by atoms with E-state index in [-0.39, 0.29) is 5.92 Å². The first-order valence-corrected chi connectivity index (χ1v) is 7.27. The number of halogens is 4. The topological polar surface area (TPSA) is 17.8 Å². The molecule has 0 fully saturated rings. The Bertz CT molecular complexity index is 585. The van der Waals surface area contributed by atoms with E-state index in [0.29, 0.717) is 16.7 Å². The maximum atomic E-state index is 12.8. The summed E-state index contributed by atoms with van der Waals surface area (Å²) in [6.45, 7) is 3.70. The summed E-state index contributed by atoms with van der Waals surface area (Å²) in [6.07, 6.45) is -4.43. The predicted octanol–water partition coefficient (Wildman–Crippen LogP) is 4.91. The number of hydrogen-bond acceptors (Lipinski definition) is 1. The highest BCUT2D eigenvalue weighted by molar-refractivity contribution is 9.08. The zero-order valence-corrected chi connectivity index (χ0v) is 12.7. The van der Waals surface area contributed by atoms with Gasteiger partial charge in [-0.2, -0.15) is 18.3 Å². The van der Waals surface area contributed by atoms with E-state index in [4.69, 9.17) is 0 Å². The number of alkyl halides is 4. The van der Waals surface area contributed by atoms with Gasteiger partial charge in [-0.1, -0.05) is 41.9 Å². The van der Waals surface area contributed by atoms with Crippen molar-refractivity contribution in [1.82, 2.24) is 9.78 Å². The first kappa shape index (κ1) is 15.1. The summed E-state index contributed by atoms with van der Waals surface area (Å²) in [6, 6.07) is 8.39. The Kier molecular flexibility index (Phi) is 4.22. The molecule has 0 radical (unpaired) electrons. The number of nitrogens with zero attached hydrogens (tertiary/aromatic N) is 2. The highest BCUT2D eigenvalue weighted by Gasteiger charge is 2.35. The van der Waals surface area contributed by atoms with E-state index in [9.17, 15) is 13.2 Å². The molecule has 2 rings (SSSR count). The number of aromatic nitrogens is 2. The fraction of sp³-hybridized carbons (Fsp3) is 0.357. The van der Waals surface area contributed by atoms with Gasteiger partial charge in [0.25, 0.3) is 0 Å². The quantitative estimate of drug-likeness (QED) is 0.722. The van der Waals surface area contributed by atoms with Crippen LogP contribution < -0.4 is 0 Å². The Morgan fingerprint density at radius 1 is 1.20 bits per heavy atom. The molecule has 0 aliphatic heterocycles. The molecular weight excluding hydrogens is 333 g/mol. The maximum absolute atomic E-state index is 12.8. The molecule has 0 aliphatic rings. The standard InChI is InChI=1S/C14H14BrF3N2/c1-9(2)12-7-13(14(16,17)18)19-20(12)11-5-3-10(8-15)4-6-11/h3-7,9H,8H2,1-2H3. The third-order valence-corrected chi connectivity index (χ3v) is 3.60. The highest BCUT2D eigenvalue weighted by atomic mass is 79.9. The molecule has 2 nitrogen and oxygen atoms in total. The van der Waals surface area contributed by atoms with Gasteiger partial charge in [0.15, 0.2) is 5.69 Å². The lowest BCUT2D eigenvalue weighted by Gasteiger charge is -2.10. The van der Waals surface area contributed by atoms with Crippen LogP contribution in [-0.4, -0.2) is 9.78 Å². The van der Waals surface area contributed by atoms with Gasteiger partial charge in [0.2, 0.25) is 0 Å². The molecule has 6 heteroatoms. The number of rotatable bonds is 3. The van der Waals surface area contributed by atoms with Gasteiger partial charge in [-0.3, -0.25) is 0 Å². The second kappa shape index (κ2) is 5.60. The Morgan fingerprint density at radius 3 is 2.25 bits per heavy atom. The summed E-state index contributed by atoms with van der Waals surface area (Å²) < 4.78 is 39.8. The molecule has 0 aliphatic carbocycles. The summed E-state index contributed by atoms with van der Waals surface area (Å²) in [5, 5.41) is 4.41. The molecule has 0 N–H and O–H groups in total. The Hall–Kier alpha value is -1.30. The molecule has 0 saturated heterocycles. The summed E-state index contributed by atoms with van der Waals surface area (Å²) >= 11 is 3.33. The van der Waals surface area contributed by atoms with Crippen molar-refractivity contribution in [1.29, 1.82) is 0 Å². The van der Waals surface area contributed by atoms with Gasteiger partial charge in [0, 0.05) is 11.0 Å². The molecule has 0 bridgehead atoms. The van der Waals surface area contributed by atoms with Gasteiger partial charge < -0.3 is 0 Å². The second-order valence-corrected chi connectivity index (χ2v) is 5.38. The van der Waals surface area contributed by atoms with Crippen LogP contribution in [0.3, 0.4) is 0 Å². The minimum Gasteiger partial charge on any atom is -0.237 e. The molecule has 1 heterocycles. The van der Waals surface area contributed by atoms with Gasteiger partial charge in [0.1, 0.15) is 0 Å². The van der Waals surface area contributed by atoms with Crippen molar-refractivity contribution in [2.75, 3.05) is 0 Å². The smallest absolute Gasteiger partial charge is 0.237 e. The Labute approximate surface area is 123 Å². The van der Waals surface area contributed by atoms with E-state index in [1.54, 1.807) is 12.1 Å². The van der Waals surface area contributed by atoms with Crippen molar-refractivity contribution < 1.29 is 13.2 Å². The van der Waals surface area contributed by atoms with E-state index in [1.807, 2.05) is 26.0 Å². The zero-order chi connectivity index (χ0) is 14.9. The number of hydrogen-bond donors (Lipinski definition) is 0. The largest absolute Gasteiger partial charge is 0.435 e. The highest BCUT2D eigenvalue weighted by Crippen LogP contribution is 2.31. The molecule has 0 unspecified atom stereocenters. The van der Waals surface area contributed by atoms with Crippen molar-refractivity contribution in [3.63, 3.8) is 0 Å². The molecule has 0 atom stereocenters. The predicted molar refractivity (Wildman–Crippen MR) is 75.3 cm³/mol. The average molecular weight is 347 g/mol. The Balaban J connectivity index is 2.50. The van der Waals surface area contributed by atoms with Crippen molar-refractivity contribution >= 4 is 15.9 Å². The molecular formula is C14H14BrF3N2. The van der Waals surface area contributed by atoms with E-state index in [1.165, 1.54) is 4.68 Å². The molecule has 0 spiro atoms. The molecule has 2 aromatic rings. The third kappa shape index (κ3) is 3.06. The van der Waals surface area contributed by atoms with Crippen molar-refractivity contribution in [3.8, 4) is 5.69 Å². The van der Waals surface area contributed by atoms with Crippen molar-refractivity contribution in [3.05, 3.63) is 47.3 Å². The SMILES string of the molecule is CC(C)c1cc(C(F)(F)F)nn1-c1ccc(CBr)cc1. The zero-order valence-electron chi connectivity index (χ0n) is 11.1. The van der Waals surface area contributed by atoms with Crippen LogP contribution in [0.2, 0.25) is 0 Å². The van der Waals surface area contributed by atoms with E-state index < -0.39 is 11.9 Å². The number of benzene rings is 1. The van der Waals surface area contributed by atoms with Crippen LogP contribution in [0, 0.1) is 0 Å². The molecule has 1 aromatic carbocycles. The van der Waals surface area contributed by atoms with Crippen molar-refractivity contribution in [2.24, 2.45) is 0 Å². The first-order chi connectivity index (χ1) is 9.32. The van der Waals surface area contributed by atoms with Gasteiger partial charge in [-0.25, -0.2) is 4.68 Å². The third-order valence-electron chi connectivity index (χ3n) is 2.95. The molecule has 20 heavy (non-hydrogen) atoms. The average Bonchev–Trinajstić information content (AvgIpc) is 2.84. The summed E-state index contributed by atoms with van der Waals surface area (Å²) in [7, 11) is 0.